The van der Waals surface area contributed by atoms with Gasteiger partial charge >= 0.3 is 5.97 Å². The molecule has 0 aromatic heterocycles. The van der Waals surface area contributed by atoms with Crippen LogP contribution in [0.1, 0.15) is 45.4 Å². The van der Waals surface area contributed by atoms with E-state index in [1.165, 1.54) is 19.3 Å². The minimum atomic E-state index is -0.386. The summed E-state index contributed by atoms with van der Waals surface area (Å²) in [6.07, 6.45) is 15.1. The zero-order valence-electron chi connectivity index (χ0n) is 12.6. The third-order valence-corrected chi connectivity index (χ3v) is 2.58. The molecule has 0 fully saturated rings. The van der Waals surface area contributed by atoms with E-state index >= 15 is 0 Å². The van der Waals surface area contributed by atoms with Crippen molar-refractivity contribution in [2.45, 2.75) is 45.4 Å². The van der Waals surface area contributed by atoms with Crippen LogP contribution in [0.15, 0.2) is 24.3 Å². The molecule has 1 N–H and O–H groups in total. The van der Waals surface area contributed by atoms with E-state index < -0.39 is 0 Å². The molecule has 0 bridgehead atoms. The molecule has 4 heteroatoms. The van der Waals surface area contributed by atoms with E-state index in [4.69, 9.17) is 14.6 Å². The zero-order chi connectivity index (χ0) is 14.9. The minimum absolute atomic E-state index is 0.0814. The van der Waals surface area contributed by atoms with Crippen LogP contribution in [0.3, 0.4) is 0 Å². The highest BCUT2D eigenvalue weighted by molar-refractivity contribution is 5.70. The first-order valence-corrected chi connectivity index (χ1v) is 7.45. The van der Waals surface area contributed by atoms with Crippen LogP contribution < -0.4 is 0 Å². The van der Waals surface area contributed by atoms with E-state index in [2.05, 4.69) is 25.2 Å². The number of rotatable bonds is 13. The standard InChI is InChI=1S/C16H28O4/c1-2-3-4-5-6-7-8-9-10-11-13-20-16(18)15-19-14-12-17/h6-7,9-10,17H,2-5,8,11-15H2,1H3/b7-6-,10-9-. The Morgan fingerprint density at radius 1 is 1.05 bits per heavy atom. The van der Waals surface area contributed by atoms with Gasteiger partial charge < -0.3 is 14.6 Å². The number of aliphatic hydroxyl groups excluding tert-OH is 1. The average molecular weight is 284 g/mol. The van der Waals surface area contributed by atoms with Crippen molar-refractivity contribution in [3.63, 3.8) is 0 Å². The second kappa shape index (κ2) is 15.9. The Morgan fingerprint density at radius 3 is 2.50 bits per heavy atom. The zero-order valence-corrected chi connectivity index (χ0v) is 12.6. The molecule has 0 saturated heterocycles. The van der Waals surface area contributed by atoms with Crippen LogP contribution in [-0.4, -0.2) is 37.5 Å². The number of hydrogen-bond donors (Lipinski definition) is 1. The maximum Gasteiger partial charge on any atom is 0.332 e. The van der Waals surface area contributed by atoms with Gasteiger partial charge in [-0.15, -0.1) is 0 Å². The summed E-state index contributed by atoms with van der Waals surface area (Å²) < 4.78 is 9.79. The van der Waals surface area contributed by atoms with E-state index in [1.54, 1.807) is 0 Å². The maximum absolute atomic E-state index is 11.1. The Morgan fingerprint density at radius 2 is 1.80 bits per heavy atom. The molecular weight excluding hydrogens is 256 g/mol. The van der Waals surface area contributed by atoms with Crippen molar-refractivity contribution in [3.8, 4) is 0 Å². The largest absolute Gasteiger partial charge is 0.464 e. The van der Waals surface area contributed by atoms with Crippen LogP contribution in [-0.2, 0) is 14.3 Å². The summed E-state index contributed by atoms with van der Waals surface area (Å²) >= 11 is 0. The topological polar surface area (TPSA) is 55.8 Å². The van der Waals surface area contributed by atoms with Gasteiger partial charge in [0.05, 0.1) is 19.8 Å². The Balaban J connectivity index is 3.32. The maximum atomic E-state index is 11.1. The van der Waals surface area contributed by atoms with Gasteiger partial charge in [-0.1, -0.05) is 44.1 Å². The SMILES string of the molecule is CCCCC/C=C\C/C=C\CCOC(=O)COCCO. The molecule has 0 unspecified atom stereocenters. The molecule has 20 heavy (non-hydrogen) atoms. The van der Waals surface area contributed by atoms with Gasteiger partial charge in [0.2, 0.25) is 0 Å². The fraction of sp³-hybridized carbons (Fsp3) is 0.688. The number of ether oxygens (including phenoxy) is 2. The molecule has 0 saturated carbocycles. The van der Waals surface area contributed by atoms with Crippen molar-refractivity contribution in [1.82, 2.24) is 0 Å². The Bertz CT molecular complexity index is 272. The first-order valence-electron chi connectivity index (χ1n) is 7.45. The molecule has 0 aliphatic heterocycles. The van der Waals surface area contributed by atoms with Crippen molar-refractivity contribution < 1.29 is 19.4 Å². The van der Waals surface area contributed by atoms with Gasteiger partial charge in [0, 0.05) is 0 Å². The van der Waals surface area contributed by atoms with Gasteiger partial charge in [0.15, 0.2) is 0 Å². The summed E-state index contributed by atoms with van der Waals surface area (Å²) in [4.78, 5) is 11.1. The lowest BCUT2D eigenvalue weighted by Crippen LogP contribution is -2.14. The number of unbranched alkanes of at least 4 members (excludes halogenated alkanes) is 3. The predicted molar refractivity (Wildman–Crippen MR) is 80.5 cm³/mol. The molecule has 0 aromatic rings. The van der Waals surface area contributed by atoms with E-state index in [1.807, 2.05) is 6.08 Å². The molecule has 0 heterocycles. The van der Waals surface area contributed by atoms with Crippen molar-refractivity contribution in [1.29, 1.82) is 0 Å². The lowest BCUT2D eigenvalue weighted by atomic mass is 10.2. The van der Waals surface area contributed by atoms with Gasteiger partial charge in [0.1, 0.15) is 6.61 Å². The lowest BCUT2D eigenvalue weighted by molar-refractivity contribution is -0.149. The van der Waals surface area contributed by atoms with Gasteiger partial charge in [-0.2, -0.15) is 0 Å². The highest BCUT2D eigenvalue weighted by atomic mass is 16.6. The normalized spacial score (nSPS) is 11.5. The molecule has 0 radical (unpaired) electrons. The van der Waals surface area contributed by atoms with Crippen LogP contribution in [0.5, 0.6) is 0 Å². The highest BCUT2D eigenvalue weighted by Gasteiger charge is 2.00. The number of esters is 1. The fourth-order valence-electron chi connectivity index (χ4n) is 1.52. The van der Waals surface area contributed by atoms with Crippen LogP contribution in [0.4, 0.5) is 0 Å². The lowest BCUT2D eigenvalue weighted by Gasteiger charge is -2.03. The van der Waals surface area contributed by atoms with Gasteiger partial charge in [-0.05, 0) is 25.7 Å². The average Bonchev–Trinajstić information content (AvgIpc) is 2.45. The second-order valence-corrected chi connectivity index (χ2v) is 4.46. The van der Waals surface area contributed by atoms with E-state index in [0.29, 0.717) is 6.61 Å². The summed E-state index contributed by atoms with van der Waals surface area (Å²) in [6.45, 7) is 2.57. The smallest absolute Gasteiger partial charge is 0.332 e. The summed E-state index contributed by atoms with van der Waals surface area (Å²) in [5, 5.41) is 8.46. The van der Waals surface area contributed by atoms with E-state index in [0.717, 1.165) is 19.3 Å². The predicted octanol–water partition coefficient (Wildman–Crippen LogP) is 3.01. The van der Waals surface area contributed by atoms with Crippen LogP contribution >= 0.6 is 0 Å². The number of aliphatic hydroxyl groups is 1. The fourth-order valence-corrected chi connectivity index (χ4v) is 1.52. The molecule has 0 aliphatic carbocycles. The number of allylic oxidation sites excluding steroid dienone is 3. The van der Waals surface area contributed by atoms with Crippen molar-refractivity contribution in [3.05, 3.63) is 24.3 Å². The third-order valence-electron chi connectivity index (χ3n) is 2.58. The molecular formula is C16H28O4. The summed E-state index contributed by atoms with van der Waals surface area (Å²) in [5.41, 5.74) is 0. The second-order valence-electron chi connectivity index (χ2n) is 4.46. The van der Waals surface area contributed by atoms with E-state index in [-0.39, 0.29) is 25.8 Å². The van der Waals surface area contributed by atoms with Crippen molar-refractivity contribution in [2.75, 3.05) is 26.4 Å². The number of carbonyl (C=O) groups is 1. The first kappa shape index (κ1) is 18.9. The van der Waals surface area contributed by atoms with Crippen LogP contribution in [0.25, 0.3) is 0 Å². The minimum Gasteiger partial charge on any atom is -0.464 e. The molecule has 0 rings (SSSR count). The Hall–Kier alpha value is -1.13. The molecule has 0 atom stereocenters. The molecule has 0 amide bonds. The quantitative estimate of drug-likeness (QED) is 0.321. The molecule has 4 nitrogen and oxygen atoms in total. The van der Waals surface area contributed by atoms with Crippen LogP contribution in [0, 0.1) is 0 Å². The molecule has 116 valence electrons. The van der Waals surface area contributed by atoms with Gasteiger partial charge in [0.25, 0.3) is 0 Å². The van der Waals surface area contributed by atoms with Crippen molar-refractivity contribution >= 4 is 5.97 Å². The van der Waals surface area contributed by atoms with Crippen molar-refractivity contribution in [2.24, 2.45) is 0 Å². The number of carbonyl (C=O) groups excluding carboxylic acids is 1. The van der Waals surface area contributed by atoms with Gasteiger partial charge in [-0.25, -0.2) is 4.79 Å². The summed E-state index contributed by atoms with van der Waals surface area (Å²) in [7, 11) is 0. The monoisotopic (exact) mass is 284 g/mol. The Kier molecular flexibility index (Phi) is 15.0. The van der Waals surface area contributed by atoms with E-state index in [9.17, 15) is 4.79 Å². The summed E-state index contributed by atoms with van der Waals surface area (Å²) in [5.74, 6) is -0.386. The molecule has 0 aromatic carbocycles. The molecule has 0 aliphatic rings. The Labute approximate surface area is 122 Å². The van der Waals surface area contributed by atoms with Crippen LogP contribution in [0.2, 0.25) is 0 Å². The highest BCUT2D eigenvalue weighted by Crippen LogP contribution is 2.00. The van der Waals surface area contributed by atoms with Gasteiger partial charge in [-0.3, -0.25) is 0 Å². The third kappa shape index (κ3) is 14.9. The summed E-state index contributed by atoms with van der Waals surface area (Å²) in [6, 6.07) is 0. The number of hydrogen-bond acceptors (Lipinski definition) is 4. The molecule has 0 spiro atoms. The first-order chi connectivity index (χ1) is 9.81.